The predicted molar refractivity (Wildman–Crippen MR) is 111 cm³/mol. The molecule has 1 fully saturated rings. The third-order valence-electron chi connectivity index (χ3n) is 4.89. The van der Waals surface area contributed by atoms with Crippen molar-refractivity contribution in [2.75, 3.05) is 37.4 Å². The number of anilines is 2. The fourth-order valence-corrected chi connectivity index (χ4v) is 3.48. The van der Waals surface area contributed by atoms with Gasteiger partial charge >= 0.3 is 0 Å². The third kappa shape index (κ3) is 5.33. The molecule has 1 saturated heterocycles. The van der Waals surface area contributed by atoms with E-state index in [-0.39, 0.29) is 11.8 Å². The van der Waals surface area contributed by atoms with Crippen molar-refractivity contribution in [2.24, 2.45) is 5.92 Å². The normalized spacial score (nSPS) is 17.0. The molecule has 0 unspecified atom stereocenters. The Morgan fingerprint density at radius 1 is 1.11 bits per heavy atom. The van der Waals surface area contributed by atoms with Crippen molar-refractivity contribution >= 4 is 23.2 Å². The van der Waals surface area contributed by atoms with Crippen LogP contribution in [0, 0.1) is 5.92 Å². The van der Waals surface area contributed by atoms with Crippen molar-refractivity contribution in [3.63, 3.8) is 0 Å². The first-order valence-electron chi connectivity index (χ1n) is 9.62. The number of benzene rings is 2. The lowest BCUT2D eigenvalue weighted by Crippen LogP contribution is -2.39. The number of nitrogens with one attached hydrogen (secondary N) is 2. The Morgan fingerprint density at radius 3 is 2.57 bits per heavy atom. The molecule has 0 aliphatic carbocycles. The van der Waals surface area contributed by atoms with Gasteiger partial charge in [-0.15, -0.1) is 0 Å². The number of likely N-dealkylation sites (tertiary alicyclic amines) is 1. The van der Waals surface area contributed by atoms with Crippen LogP contribution >= 0.6 is 0 Å². The van der Waals surface area contributed by atoms with Gasteiger partial charge in [0.05, 0.1) is 19.3 Å². The second-order valence-electron chi connectivity index (χ2n) is 7.26. The van der Waals surface area contributed by atoms with Gasteiger partial charge in [-0.25, -0.2) is 0 Å². The molecule has 148 valence electrons. The summed E-state index contributed by atoms with van der Waals surface area (Å²) in [5.74, 6) is 0.986. The summed E-state index contributed by atoms with van der Waals surface area (Å²) in [7, 11) is 1.56. The smallest absolute Gasteiger partial charge is 0.255 e. The lowest BCUT2D eigenvalue weighted by molar-refractivity contribution is -0.117. The summed E-state index contributed by atoms with van der Waals surface area (Å²) in [5, 5.41) is 5.74. The number of piperidine rings is 1. The molecule has 2 amide bonds. The summed E-state index contributed by atoms with van der Waals surface area (Å²) in [4.78, 5) is 26.9. The number of methoxy groups -OCH3 is 1. The van der Waals surface area contributed by atoms with E-state index in [0.29, 0.717) is 35.2 Å². The van der Waals surface area contributed by atoms with Crippen LogP contribution in [0.25, 0.3) is 0 Å². The Balaban J connectivity index is 1.55. The molecule has 1 aliphatic heterocycles. The average molecular weight is 381 g/mol. The van der Waals surface area contributed by atoms with Crippen molar-refractivity contribution in [1.29, 1.82) is 0 Å². The van der Waals surface area contributed by atoms with E-state index in [1.54, 1.807) is 43.5 Å². The van der Waals surface area contributed by atoms with Gasteiger partial charge in [0.25, 0.3) is 5.91 Å². The highest BCUT2D eigenvalue weighted by atomic mass is 16.5. The van der Waals surface area contributed by atoms with Crippen molar-refractivity contribution in [3.05, 3.63) is 54.1 Å². The molecule has 2 aromatic carbocycles. The number of ether oxygens (including phenoxy) is 1. The number of nitrogens with zero attached hydrogens (tertiary/aromatic N) is 1. The highest BCUT2D eigenvalue weighted by Gasteiger charge is 2.18. The second kappa shape index (κ2) is 9.37. The van der Waals surface area contributed by atoms with Crippen molar-refractivity contribution in [1.82, 2.24) is 4.90 Å². The first-order chi connectivity index (χ1) is 13.5. The first kappa shape index (κ1) is 19.9. The SMILES string of the molecule is COc1ccccc1NC(=O)c1ccc(NC(=O)CN2CCC[C@H](C)C2)cc1. The lowest BCUT2D eigenvalue weighted by atomic mass is 10.0. The Hall–Kier alpha value is -2.86. The molecule has 6 nitrogen and oxygen atoms in total. The minimum atomic E-state index is -0.232. The van der Waals surface area contributed by atoms with Crippen molar-refractivity contribution in [2.45, 2.75) is 19.8 Å². The monoisotopic (exact) mass is 381 g/mol. The van der Waals surface area contributed by atoms with E-state index in [9.17, 15) is 9.59 Å². The molecule has 0 aromatic heterocycles. The van der Waals surface area contributed by atoms with Crippen molar-refractivity contribution < 1.29 is 14.3 Å². The zero-order valence-corrected chi connectivity index (χ0v) is 16.4. The Morgan fingerprint density at radius 2 is 1.86 bits per heavy atom. The van der Waals surface area contributed by atoms with E-state index in [4.69, 9.17) is 4.74 Å². The van der Waals surface area contributed by atoms with Crippen LogP contribution in [0.3, 0.4) is 0 Å². The second-order valence-corrected chi connectivity index (χ2v) is 7.26. The fraction of sp³-hybridized carbons (Fsp3) is 0.364. The van der Waals surface area contributed by atoms with E-state index in [0.717, 1.165) is 19.5 Å². The number of para-hydroxylation sites is 2. The largest absolute Gasteiger partial charge is 0.495 e. The Kier molecular flexibility index (Phi) is 6.66. The van der Waals surface area contributed by atoms with Crippen LogP contribution in [0.2, 0.25) is 0 Å². The summed E-state index contributed by atoms with van der Waals surface area (Å²) in [6.07, 6.45) is 2.38. The van der Waals surface area contributed by atoms with Crippen LogP contribution in [-0.4, -0.2) is 43.5 Å². The molecule has 28 heavy (non-hydrogen) atoms. The van der Waals surface area contributed by atoms with Crippen LogP contribution in [0.5, 0.6) is 5.75 Å². The number of amides is 2. The summed E-state index contributed by atoms with van der Waals surface area (Å²) in [6, 6.07) is 14.1. The van der Waals surface area contributed by atoms with Crippen LogP contribution in [0.1, 0.15) is 30.1 Å². The maximum Gasteiger partial charge on any atom is 0.255 e. The molecule has 2 N–H and O–H groups in total. The quantitative estimate of drug-likeness (QED) is 0.802. The van der Waals surface area contributed by atoms with Crippen LogP contribution in [0.15, 0.2) is 48.5 Å². The van der Waals surface area contributed by atoms with E-state index < -0.39 is 0 Å². The number of carbonyl (C=O) groups is 2. The predicted octanol–water partition coefficient (Wildman–Crippen LogP) is 3.62. The molecule has 0 saturated carbocycles. The molecule has 6 heteroatoms. The van der Waals surface area contributed by atoms with Gasteiger partial charge in [-0.1, -0.05) is 19.1 Å². The van der Waals surface area contributed by atoms with E-state index in [1.165, 1.54) is 6.42 Å². The van der Waals surface area contributed by atoms with Crippen LogP contribution in [0.4, 0.5) is 11.4 Å². The highest BCUT2D eigenvalue weighted by Crippen LogP contribution is 2.24. The maximum atomic E-state index is 12.4. The molecule has 1 atom stereocenters. The topological polar surface area (TPSA) is 70.7 Å². The van der Waals surface area contributed by atoms with Gasteiger partial charge in [-0.3, -0.25) is 14.5 Å². The van der Waals surface area contributed by atoms with Gasteiger partial charge in [-0.05, 0) is 61.7 Å². The zero-order chi connectivity index (χ0) is 19.9. The summed E-state index contributed by atoms with van der Waals surface area (Å²) >= 11 is 0. The minimum Gasteiger partial charge on any atom is -0.495 e. The molecule has 3 rings (SSSR count). The molecular weight excluding hydrogens is 354 g/mol. The average Bonchev–Trinajstić information content (AvgIpc) is 2.69. The molecule has 1 aliphatic rings. The van der Waals surface area contributed by atoms with Gasteiger partial charge in [-0.2, -0.15) is 0 Å². The summed E-state index contributed by atoms with van der Waals surface area (Å²) < 4.78 is 5.25. The van der Waals surface area contributed by atoms with Crippen LogP contribution in [-0.2, 0) is 4.79 Å². The number of hydrogen-bond acceptors (Lipinski definition) is 4. The first-order valence-corrected chi connectivity index (χ1v) is 9.62. The molecule has 1 heterocycles. The van der Waals surface area contributed by atoms with Gasteiger partial charge in [0, 0.05) is 17.8 Å². The van der Waals surface area contributed by atoms with Gasteiger partial charge < -0.3 is 15.4 Å². The van der Waals surface area contributed by atoms with Gasteiger partial charge in [0.15, 0.2) is 0 Å². The Labute approximate surface area is 165 Å². The van der Waals surface area contributed by atoms with Crippen LogP contribution < -0.4 is 15.4 Å². The summed E-state index contributed by atoms with van der Waals surface area (Å²) in [5.41, 5.74) is 1.81. The maximum absolute atomic E-state index is 12.4. The van der Waals surface area contributed by atoms with E-state index in [1.807, 2.05) is 12.1 Å². The zero-order valence-electron chi connectivity index (χ0n) is 16.4. The number of carbonyl (C=O) groups excluding carboxylic acids is 2. The van der Waals surface area contributed by atoms with E-state index >= 15 is 0 Å². The van der Waals surface area contributed by atoms with Gasteiger partial charge in [0.2, 0.25) is 5.91 Å². The highest BCUT2D eigenvalue weighted by molar-refractivity contribution is 6.05. The van der Waals surface area contributed by atoms with Crippen molar-refractivity contribution in [3.8, 4) is 5.75 Å². The molecular formula is C22H27N3O3. The standard InChI is InChI=1S/C22H27N3O3/c1-16-6-5-13-25(14-16)15-21(26)23-18-11-9-17(10-12-18)22(27)24-19-7-3-4-8-20(19)28-2/h3-4,7-12,16H,5-6,13-15H2,1-2H3,(H,23,26)(H,24,27)/t16-/m0/s1. The minimum absolute atomic E-state index is 0.0275. The Bertz CT molecular complexity index is 820. The molecule has 0 bridgehead atoms. The molecule has 2 aromatic rings. The summed E-state index contributed by atoms with van der Waals surface area (Å²) in [6.45, 7) is 4.56. The number of hydrogen-bond donors (Lipinski definition) is 2. The van der Waals surface area contributed by atoms with E-state index in [2.05, 4.69) is 22.5 Å². The molecule has 0 spiro atoms. The third-order valence-corrected chi connectivity index (χ3v) is 4.89. The van der Waals surface area contributed by atoms with Gasteiger partial charge in [0.1, 0.15) is 5.75 Å². The number of rotatable bonds is 6. The lowest BCUT2D eigenvalue weighted by Gasteiger charge is -2.30. The molecule has 0 radical (unpaired) electrons. The fourth-order valence-electron chi connectivity index (χ4n) is 3.48.